The van der Waals surface area contributed by atoms with Crippen LogP contribution in [0.4, 0.5) is 26.3 Å². The van der Waals surface area contributed by atoms with Crippen LogP contribution in [0.25, 0.3) is 0 Å². The summed E-state index contributed by atoms with van der Waals surface area (Å²) in [4.78, 5) is 44.3. The first-order chi connectivity index (χ1) is 13.6. The second-order valence-corrected chi connectivity index (χ2v) is 6.12. The molecule has 0 amide bonds. The summed E-state index contributed by atoms with van der Waals surface area (Å²) in [6.07, 6.45) is -14.3. The molecular formula is C16H20F6O8. The van der Waals surface area contributed by atoms with Gasteiger partial charge in [0.1, 0.15) is 6.10 Å². The zero-order chi connectivity index (χ0) is 23.7. The molecule has 0 aromatic heterocycles. The Bertz CT molecular complexity index is 616. The van der Waals surface area contributed by atoms with E-state index in [9.17, 15) is 45.5 Å². The van der Waals surface area contributed by atoms with Crippen LogP contribution in [0, 0.1) is 5.92 Å². The van der Waals surface area contributed by atoms with Gasteiger partial charge in [0.2, 0.25) is 6.29 Å². The molecule has 0 aliphatic rings. The predicted molar refractivity (Wildman–Crippen MR) is 83.5 cm³/mol. The van der Waals surface area contributed by atoms with Crippen LogP contribution in [-0.4, -0.2) is 53.7 Å². The van der Waals surface area contributed by atoms with Crippen LogP contribution in [0.2, 0.25) is 0 Å². The molecule has 0 bridgehead atoms. The molecule has 14 heteroatoms. The fraction of sp³-hybridized carbons (Fsp3) is 0.750. The lowest BCUT2D eigenvalue weighted by molar-refractivity contribution is -0.225. The third kappa shape index (κ3) is 10.9. The molecule has 0 saturated heterocycles. The van der Waals surface area contributed by atoms with Gasteiger partial charge in [-0.05, 0) is 19.8 Å². The normalized spacial score (nSPS) is 14.9. The van der Waals surface area contributed by atoms with Crippen molar-refractivity contribution < 1.29 is 64.8 Å². The molecule has 3 unspecified atom stereocenters. The Morgan fingerprint density at radius 3 is 1.77 bits per heavy atom. The summed E-state index contributed by atoms with van der Waals surface area (Å²) in [7, 11) is 0. The monoisotopic (exact) mass is 454 g/mol. The van der Waals surface area contributed by atoms with Crippen LogP contribution >= 0.6 is 0 Å². The second-order valence-electron chi connectivity index (χ2n) is 6.12. The van der Waals surface area contributed by atoms with Crippen molar-refractivity contribution >= 4 is 23.9 Å². The number of unbranched alkanes of at least 4 members (excludes halogenated alkanes) is 2. The van der Waals surface area contributed by atoms with Gasteiger partial charge in [0.05, 0.1) is 5.92 Å². The largest absolute Gasteiger partial charge is 0.491 e. The molecule has 8 nitrogen and oxygen atoms in total. The van der Waals surface area contributed by atoms with E-state index in [4.69, 9.17) is 5.11 Å². The number of carboxylic acid groups (broad SMARTS) is 1. The van der Waals surface area contributed by atoms with E-state index in [1.807, 2.05) is 0 Å². The molecule has 3 atom stereocenters. The van der Waals surface area contributed by atoms with Crippen LogP contribution in [0.3, 0.4) is 0 Å². The SMILES string of the molecule is CC(OC(=O)C(CCCCCC(=O)O)C(C)OC(=O)C(F)(F)F)OC(=O)C(F)(F)F. The molecule has 0 radical (unpaired) electrons. The molecule has 174 valence electrons. The number of aliphatic carboxylic acids is 1. The number of rotatable bonds is 11. The maximum Gasteiger partial charge on any atom is 0.491 e. The highest BCUT2D eigenvalue weighted by Gasteiger charge is 2.44. The minimum absolute atomic E-state index is 0.109. The van der Waals surface area contributed by atoms with Crippen molar-refractivity contribution in [2.75, 3.05) is 0 Å². The first kappa shape index (κ1) is 27.5. The van der Waals surface area contributed by atoms with E-state index in [2.05, 4.69) is 14.2 Å². The van der Waals surface area contributed by atoms with Crippen molar-refractivity contribution in [3.63, 3.8) is 0 Å². The van der Waals surface area contributed by atoms with Crippen LogP contribution in [0.1, 0.15) is 46.0 Å². The lowest BCUT2D eigenvalue weighted by Gasteiger charge is -2.24. The molecule has 0 spiro atoms. The summed E-state index contributed by atoms with van der Waals surface area (Å²) >= 11 is 0. The topological polar surface area (TPSA) is 116 Å². The van der Waals surface area contributed by atoms with Gasteiger partial charge in [-0.3, -0.25) is 9.59 Å². The minimum atomic E-state index is -5.36. The fourth-order valence-corrected chi connectivity index (χ4v) is 2.17. The number of esters is 3. The summed E-state index contributed by atoms with van der Waals surface area (Å²) in [5, 5.41) is 8.54. The molecule has 0 aromatic carbocycles. The van der Waals surface area contributed by atoms with Gasteiger partial charge in [-0.1, -0.05) is 12.8 Å². The first-order valence-corrected chi connectivity index (χ1v) is 8.53. The van der Waals surface area contributed by atoms with Crippen LogP contribution < -0.4 is 0 Å². The number of ether oxygens (including phenoxy) is 3. The van der Waals surface area contributed by atoms with Crippen LogP contribution in [0.5, 0.6) is 0 Å². The highest BCUT2D eigenvalue weighted by molar-refractivity contribution is 5.78. The van der Waals surface area contributed by atoms with Crippen molar-refractivity contribution in [3.8, 4) is 0 Å². The number of carbonyl (C=O) groups is 4. The van der Waals surface area contributed by atoms with Gasteiger partial charge in [0.15, 0.2) is 0 Å². The van der Waals surface area contributed by atoms with E-state index in [0.717, 1.165) is 13.8 Å². The highest BCUT2D eigenvalue weighted by Crippen LogP contribution is 2.24. The molecule has 0 aromatic rings. The van der Waals surface area contributed by atoms with Gasteiger partial charge >= 0.3 is 36.2 Å². The number of carbonyl (C=O) groups excluding carboxylic acids is 3. The van der Waals surface area contributed by atoms with Crippen molar-refractivity contribution in [2.24, 2.45) is 5.92 Å². The quantitative estimate of drug-likeness (QED) is 0.219. The molecule has 0 rings (SSSR count). The third-order valence-corrected chi connectivity index (χ3v) is 3.59. The number of hydrogen-bond acceptors (Lipinski definition) is 7. The number of halogens is 6. The lowest BCUT2D eigenvalue weighted by Crippen LogP contribution is -2.38. The molecular weight excluding hydrogens is 434 g/mol. The number of alkyl halides is 6. The maximum atomic E-state index is 12.4. The molecule has 0 fully saturated rings. The zero-order valence-corrected chi connectivity index (χ0v) is 15.8. The fourth-order valence-electron chi connectivity index (χ4n) is 2.17. The van der Waals surface area contributed by atoms with E-state index in [-0.39, 0.29) is 32.1 Å². The Morgan fingerprint density at radius 1 is 0.800 bits per heavy atom. The van der Waals surface area contributed by atoms with Gasteiger partial charge < -0.3 is 19.3 Å². The van der Waals surface area contributed by atoms with Crippen LogP contribution in [0.15, 0.2) is 0 Å². The molecule has 0 saturated carbocycles. The lowest BCUT2D eigenvalue weighted by atomic mass is 9.96. The van der Waals surface area contributed by atoms with Crippen molar-refractivity contribution in [2.45, 2.75) is 70.7 Å². The number of carboxylic acids is 1. The Hall–Kier alpha value is -2.54. The van der Waals surface area contributed by atoms with Crippen molar-refractivity contribution in [1.29, 1.82) is 0 Å². The molecule has 30 heavy (non-hydrogen) atoms. The summed E-state index contributed by atoms with van der Waals surface area (Å²) < 4.78 is 86.1. The average Bonchev–Trinajstić information content (AvgIpc) is 2.55. The molecule has 1 N–H and O–H groups in total. The predicted octanol–water partition coefficient (Wildman–Crippen LogP) is 3.13. The summed E-state index contributed by atoms with van der Waals surface area (Å²) in [6.45, 7) is 1.72. The van der Waals surface area contributed by atoms with E-state index >= 15 is 0 Å². The molecule has 0 aliphatic carbocycles. The van der Waals surface area contributed by atoms with Gasteiger partial charge in [-0.2, -0.15) is 26.3 Å². The maximum absolute atomic E-state index is 12.4. The Balaban J connectivity index is 5.06. The second kappa shape index (κ2) is 11.6. The Morgan fingerprint density at radius 2 is 1.30 bits per heavy atom. The van der Waals surface area contributed by atoms with E-state index in [0.29, 0.717) is 0 Å². The minimum Gasteiger partial charge on any atom is -0.481 e. The zero-order valence-electron chi connectivity index (χ0n) is 15.8. The Kier molecular flexibility index (Phi) is 10.6. The van der Waals surface area contributed by atoms with Gasteiger partial charge in [0.25, 0.3) is 0 Å². The van der Waals surface area contributed by atoms with Crippen molar-refractivity contribution in [3.05, 3.63) is 0 Å². The van der Waals surface area contributed by atoms with Gasteiger partial charge in [-0.15, -0.1) is 0 Å². The summed E-state index contributed by atoms with van der Waals surface area (Å²) in [5.41, 5.74) is 0. The smallest absolute Gasteiger partial charge is 0.481 e. The summed E-state index contributed by atoms with van der Waals surface area (Å²) in [6, 6.07) is 0. The average molecular weight is 454 g/mol. The summed E-state index contributed by atoms with van der Waals surface area (Å²) in [5.74, 6) is -9.22. The highest BCUT2D eigenvalue weighted by atomic mass is 19.4. The molecule has 0 aliphatic heterocycles. The van der Waals surface area contributed by atoms with E-state index in [1.54, 1.807) is 0 Å². The Labute approximate surface area is 166 Å². The van der Waals surface area contributed by atoms with Gasteiger partial charge in [-0.25, -0.2) is 9.59 Å². The van der Waals surface area contributed by atoms with Crippen LogP contribution in [-0.2, 0) is 33.4 Å². The van der Waals surface area contributed by atoms with E-state index < -0.39 is 54.5 Å². The standard InChI is InChI=1S/C16H20F6O8/c1-8(28-13(26)15(17,18)19)10(6-4-3-5-7-11(23)24)12(25)29-9(2)30-14(27)16(20,21)22/h8-10H,3-7H2,1-2H3,(H,23,24). The third-order valence-electron chi connectivity index (χ3n) is 3.59. The number of hydrogen-bond donors (Lipinski definition) is 1. The van der Waals surface area contributed by atoms with Gasteiger partial charge in [0, 0.05) is 13.3 Å². The first-order valence-electron chi connectivity index (χ1n) is 8.53. The van der Waals surface area contributed by atoms with Crippen molar-refractivity contribution in [1.82, 2.24) is 0 Å². The van der Waals surface area contributed by atoms with E-state index in [1.165, 1.54) is 0 Å². The molecule has 0 heterocycles.